The van der Waals surface area contributed by atoms with Crippen LogP contribution in [0.25, 0.3) is 35.1 Å². The summed E-state index contributed by atoms with van der Waals surface area (Å²) >= 11 is 0. The normalized spacial score (nSPS) is 15.8. The lowest BCUT2D eigenvalue weighted by Gasteiger charge is -2.09. The lowest BCUT2D eigenvalue weighted by Crippen LogP contribution is -2.28. The summed E-state index contributed by atoms with van der Waals surface area (Å²) in [6.07, 6.45) is 11.4. The molecule has 0 bridgehead atoms. The minimum atomic E-state index is 1.06. The van der Waals surface area contributed by atoms with Crippen molar-refractivity contribution in [3.63, 3.8) is 0 Å². The van der Waals surface area contributed by atoms with Crippen molar-refractivity contribution in [2.45, 2.75) is 12.8 Å². The van der Waals surface area contributed by atoms with Gasteiger partial charge in [0, 0.05) is 0 Å². The molecule has 0 atom stereocenters. The molecule has 0 saturated carbocycles. The Balaban J connectivity index is 2.53. The van der Waals surface area contributed by atoms with Gasteiger partial charge < -0.3 is 0 Å². The van der Waals surface area contributed by atoms with Gasteiger partial charge in [0.05, 0.1) is 0 Å². The van der Waals surface area contributed by atoms with Crippen LogP contribution in [0, 0.1) is 0 Å². The summed E-state index contributed by atoms with van der Waals surface area (Å²) < 4.78 is 0. The van der Waals surface area contributed by atoms with E-state index in [1.165, 1.54) is 31.6 Å². The van der Waals surface area contributed by atoms with Gasteiger partial charge in [0.1, 0.15) is 0 Å². The molecule has 0 fully saturated rings. The molecule has 0 aliphatic heterocycles. The highest BCUT2D eigenvalue weighted by atomic mass is 14.1. The van der Waals surface area contributed by atoms with Gasteiger partial charge in [-0.15, -0.1) is 0 Å². The van der Waals surface area contributed by atoms with Crippen molar-refractivity contribution in [1.29, 1.82) is 0 Å². The smallest absolute Gasteiger partial charge is 0.00332 e. The Morgan fingerprint density at radius 3 is 1.12 bits per heavy atom. The Labute approximate surface area is 93.5 Å². The summed E-state index contributed by atoms with van der Waals surface area (Å²) in [7, 11) is 0. The molecule has 0 spiro atoms. The van der Waals surface area contributed by atoms with Crippen LogP contribution in [-0.2, 0) is 0 Å². The maximum Gasteiger partial charge on any atom is -0.00332 e. The zero-order valence-corrected chi connectivity index (χ0v) is 9.03. The van der Waals surface area contributed by atoms with E-state index < -0.39 is 0 Å². The second-order valence-electron chi connectivity index (χ2n) is 4.53. The fraction of sp³-hybridized carbons (Fsp3) is 0.125. The lowest BCUT2D eigenvalue weighted by atomic mass is 9.95. The van der Waals surface area contributed by atoms with E-state index in [9.17, 15) is 0 Å². The molecule has 2 aromatic rings. The molecule has 0 radical (unpaired) electrons. The van der Waals surface area contributed by atoms with E-state index in [0.29, 0.717) is 0 Å². The van der Waals surface area contributed by atoms with Crippen LogP contribution >= 0.6 is 0 Å². The summed E-state index contributed by atoms with van der Waals surface area (Å²) in [6.45, 7) is 0. The molecule has 0 heterocycles. The number of rotatable bonds is 0. The molecule has 0 heteroatoms. The third-order valence-electron chi connectivity index (χ3n) is 3.64. The van der Waals surface area contributed by atoms with Gasteiger partial charge in [-0.3, -0.25) is 0 Å². The molecule has 16 heavy (non-hydrogen) atoms. The summed E-state index contributed by atoms with van der Waals surface area (Å²) in [4.78, 5) is 0. The SMILES string of the molecule is C1=c2ccc3c4c(ccc(c24)=CC1)=CCC=3. The topological polar surface area (TPSA) is 0 Å². The molecule has 76 valence electrons. The second kappa shape index (κ2) is 2.85. The first-order chi connectivity index (χ1) is 7.93. The molecule has 4 rings (SSSR count). The van der Waals surface area contributed by atoms with Crippen LogP contribution in [0.5, 0.6) is 0 Å². The van der Waals surface area contributed by atoms with Gasteiger partial charge in [0.2, 0.25) is 0 Å². The minimum absolute atomic E-state index is 1.06. The van der Waals surface area contributed by atoms with Gasteiger partial charge in [0.15, 0.2) is 0 Å². The Bertz CT molecular complexity index is 697. The number of hydrogen-bond acceptors (Lipinski definition) is 0. The first-order valence-electron chi connectivity index (χ1n) is 5.86. The van der Waals surface area contributed by atoms with Crippen molar-refractivity contribution in [3.8, 4) is 0 Å². The third kappa shape index (κ3) is 0.943. The van der Waals surface area contributed by atoms with Crippen molar-refractivity contribution < 1.29 is 0 Å². The van der Waals surface area contributed by atoms with E-state index >= 15 is 0 Å². The standard InChI is InChI=1S/C16H12/c1-3-11-7-9-13-5-2-6-14-10-8-12(4-1)15(11)16(13)14/h3-10H,1-2H2. The van der Waals surface area contributed by atoms with E-state index in [1.807, 2.05) is 0 Å². The zero-order chi connectivity index (χ0) is 10.5. The number of hydrogen-bond donors (Lipinski definition) is 0. The summed E-state index contributed by atoms with van der Waals surface area (Å²) in [5.41, 5.74) is 0. The van der Waals surface area contributed by atoms with Gasteiger partial charge in [-0.1, -0.05) is 48.6 Å². The van der Waals surface area contributed by atoms with Crippen LogP contribution in [0.1, 0.15) is 12.8 Å². The van der Waals surface area contributed by atoms with E-state index in [1.54, 1.807) is 0 Å². The van der Waals surface area contributed by atoms with Crippen LogP contribution in [0.15, 0.2) is 24.3 Å². The van der Waals surface area contributed by atoms with Crippen molar-refractivity contribution in [2.24, 2.45) is 0 Å². The van der Waals surface area contributed by atoms with E-state index in [0.717, 1.165) is 12.8 Å². The van der Waals surface area contributed by atoms with Crippen LogP contribution in [0.4, 0.5) is 0 Å². The summed E-state index contributed by atoms with van der Waals surface area (Å²) in [5.74, 6) is 0. The monoisotopic (exact) mass is 204 g/mol. The van der Waals surface area contributed by atoms with Crippen LogP contribution < -0.4 is 20.9 Å². The summed E-state index contributed by atoms with van der Waals surface area (Å²) in [6, 6.07) is 9.05. The number of benzene rings is 2. The second-order valence-corrected chi connectivity index (χ2v) is 4.53. The van der Waals surface area contributed by atoms with Gasteiger partial charge >= 0.3 is 0 Å². The van der Waals surface area contributed by atoms with Crippen molar-refractivity contribution in [1.82, 2.24) is 0 Å². The average Bonchev–Trinajstić information content (AvgIpc) is 2.36. The maximum atomic E-state index is 2.32. The predicted octanol–water partition coefficient (Wildman–Crippen LogP) is 0.769. The van der Waals surface area contributed by atoms with E-state index in [2.05, 4.69) is 48.6 Å². The highest BCUT2D eigenvalue weighted by Gasteiger charge is 2.05. The molecule has 2 aliphatic carbocycles. The zero-order valence-electron chi connectivity index (χ0n) is 9.03. The lowest BCUT2D eigenvalue weighted by molar-refractivity contribution is 1.42. The molecule has 0 saturated heterocycles. The first kappa shape index (κ1) is 8.35. The molecule has 0 amide bonds. The maximum absolute atomic E-state index is 2.32. The van der Waals surface area contributed by atoms with Gasteiger partial charge in [-0.25, -0.2) is 0 Å². The average molecular weight is 204 g/mol. The van der Waals surface area contributed by atoms with Crippen LogP contribution in [-0.4, -0.2) is 0 Å². The third-order valence-corrected chi connectivity index (χ3v) is 3.64. The Morgan fingerprint density at radius 1 is 0.500 bits per heavy atom. The van der Waals surface area contributed by atoms with Gasteiger partial charge in [0.25, 0.3) is 0 Å². The molecular formula is C16H12. The first-order valence-corrected chi connectivity index (χ1v) is 5.86. The fourth-order valence-electron chi connectivity index (χ4n) is 2.91. The van der Waals surface area contributed by atoms with Crippen LogP contribution in [0.2, 0.25) is 0 Å². The van der Waals surface area contributed by atoms with Crippen LogP contribution in [0.3, 0.4) is 0 Å². The molecule has 0 nitrogen and oxygen atoms in total. The fourth-order valence-corrected chi connectivity index (χ4v) is 2.91. The molecule has 0 unspecified atom stereocenters. The predicted molar refractivity (Wildman–Crippen MR) is 69.5 cm³/mol. The van der Waals surface area contributed by atoms with E-state index in [4.69, 9.17) is 0 Å². The Hall–Kier alpha value is -1.82. The van der Waals surface area contributed by atoms with Gasteiger partial charge in [-0.2, -0.15) is 0 Å². The van der Waals surface area contributed by atoms with Crippen molar-refractivity contribution >= 4 is 35.1 Å². The minimum Gasteiger partial charge on any atom is -0.0728 e. The Kier molecular flexibility index (Phi) is 1.49. The van der Waals surface area contributed by atoms with Gasteiger partial charge in [-0.05, 0) is 44.5 Å². The van der Waals surface area contributed by atoms with Crippen molar-refractivity contribution in [3.05, 3.63) is 45.1 Å². The summed E-state index contributed by atoms with van der Waals surface area (Å²) in [5, 5.41) is 8.52. The van der Waals surface area contributed by atoms with E-state index in [-0.39, 0.29) is 0 Å². The van der Waals surface area contributed by atoms with Crippen molar-refractivity contribution in [2.75, 3.05) is 0 Å². The molecule has 2 aromatic carbocycles. The highest BCUT2D eigenvalue weighted by Crippen LogP contribution is 2.03. The molecule has 0 aromatic heterocycles. The quantitative estimate of drug-likeness (QED) is 0.594. The molecule has 0 N–H and O–H groups in total. The largest absolute Gasteiger partial charge is 0.0728 e. The Morgan fingerprint density at radius 2 is 0.812 bits per heavy atom. The highest BCUT2D eigenvalue weighted by molar-refractivity contribution is 5.89. The molecule has 2 aliphatic rings. The molecular weight excluding hydrogens is 192 g/mol.